The summed E-state index contributed by atoms with van der Waals surface area (Å²) in [6, 6.07) is 1.31. The molecular weight excluding hydrogens is 304 g/mol. The van der Waals surface area contributed by atoms with Crippen LogP contribution in [-0.4, -0.2) is 48.4 Å². The molecule has 0 saturated carbocycles. The van der Waals surface area contributed by atoms with Crippen molar-refractivity contribution in [1.29, 1.82) is 0 Å². The maximum Gasteiger partial charge on any atom is 0.201 e. The summed E-state index contributed by atoms with van der Waals surface area (Å²) in [5.41, 5.74) is 0.461. The number of carbonyl (C=O) groups excluding carboxylic acids is 2. The van der Waals surface area contributed by atoms with E-state index in [4.69, 9.17) is 14.2 Å². The molecule has 0 radical (unpaired) electrons. The third-order valence-electron chi connectivity index (χ3n) is 4.06. The van der Waals surface area contributed by atoms with E-state index in [1.807, 2.05) is 0 Å². The first-order chi connectivity index (χ1) is 10.8. The van der Waals surface area contributed by atoms with E-state index < -0.39 is 17.4 Å². The van der Waals surface area contributed by atoms with Crippen molar-refractivity contribution < 1.29 is 34.0 Å². The summed E-state index contributed by atoms with van der Waals surface area (Å²) in [6.45, 7) is 1.25. The zero-order valence-electron chi connectivity index (χ0n) is 12.9. The maximum atomic E-state index is 12.8. The van der Waals surface area contributed by atoms with Crippen LogP contribution in [0.4, 0.5) is 0 Å². The molecule has 0 amide bonds. The highest BCUT2D eigenvalue weighted by Gasteiger charge is 2.42. The fourth-order valence-electron chi connectivity index (χ4n) is 2.92. The van der Waals surface area contributed by atoms with Crippen molar-refractivity contribution in [2.24, 2.45) is 0 Å². The molecule has 2 aliphatic rings. The monoisotopic (exact) mass is 320 g/mol. The highest BCUT2D eigenvalue weighted by atomic mass is 16.6. The quantitative estimate of drug-likeness (QED) is 0.844. The van der Waals surface area contributed by atoms with Crippen molar-refractivity contribution in [2.45, 2.75) is 19.1 Å². The fourth-order valence-corrected chi connectivity index (χ4v) is 2.92. The number of phenolic OH excluding ortho intramolecular Hbond substituents is 1. The smallest absolute Gasteiger partial charge is 0.201 e. The largest absolute Gasteiger partial charge is 0.502 e. The second-order valence-corrected chi connectivity index (χ2v) is 5.64. The van der Waals surface area contributed by atoms with Crippen LogP contribution >= 0.6 is 0 Å². The summed E-state index contributed by atoms with van der Waals surface area (Å²) in [5, 5.41) is 20.1. The molecule has 1 heterocycles. The number of hydrogen-bond donors (Lipinski definition) is 2. The minimum absolute atomic E-state index is 0.0142. The maximum absolute atomic E-state index is 12.8. The van der Waals surface area contributed by atoms with Crippen molar-refractivity contribution in [3.63, 3.8) is 0 Å². The van der Waals surface area contributed by atoms with Gasteiger partial charge in [0.1, 0.15) is 0 Å². The summed E-state index contributed by atoms with van der Waals surface area (Å²) in [6.07, 6.45) is -0.0855. The molecule has 2 N–H and O–H groups in total. The Bertz CT molecular complexity index is 758. The van der Waals surface area contributed by atoms with E-state index in [9.17, 15) is 19.8 Å². The Kier molecular flexibility index (Phi) is 3.42. The first-order valence-electron chi connectivity index (χ1n) is 6.96. The highest BCUT2D eigenvalue weighted by molar-refractivity contribution is 6.28. The molecule has 0 saturated heterocycles. The van der Waals surface area contributed by atoms with E-state index in [-0.39, 0.29) is 52.5 Å². The van der Waals surface area contributed by atoms with Gasteiger partial charge in [-0.2, -0.15) is 0 Å². The van der Waals surface area contributed by atoms with Gasteiger partial charge in [0, 0.05) is 23.1 Å². The number of carbonyl (C=O) groups is 2. The van der Waals surface area contributed by atoms with Crippen LogP contribution in [0.15, 0.2) is 17.2 Å². The van der Waals surface area contributed by atoms with Gasteiger partial charge in [0.2, 0.25) is 5.75 Å². The van der Waals surface area contributed by atoms with Crippen molar-refractivity contribution in [3.8, 4) is 17.2 Å². The average Bonchev–Trinajstić information content (AvgIpc) is 2.51. The number of aromatic hydroxyl groups is 1. The zero-order chi connectivity index (χ0) is 16.9. The van der Waals surface area contributed by atoms with E-state index in [1.165, 1.54) is 27.2 Å². The Hall–Kier alpha value is -2.38. The molecule has 0 fully saturated rings. The molecule has 1 aromatic carbocycles. The van der Waals surface area contributed by atoms with Crippen LogP contribution in [0, 0.1) is 0 Å². The average molecular weight is 320 g/mol. The molecule has 122 valence electrons. The summed E-state index contributed by atoms with van der Waals surface area (Å²) < 4.78 is 15.4. The summed E-state index contributed by atoms with van der Waals surface area (Å²) in [7, 11) is 2.62. The first kappa shape index (κ1) is 15.5. The second-order valence-electron chi connectivity index (χ2n) is 5.64. The third kappa shape index (κ3) is 2.20. The molecule has 7 heteroatoms. The molecule has 1 aliphatic carbocycles. The van der Waals surface area contributed by atoms with E-state index in [0.717, 1.165) is 0 Å². The number of Topliss-reactive ketones (excluding diaryl/α,β-unsaturated/α-hetero) is 2. The lowest BCUT2D eigenvalue weighted by atomic mass is 9.80. The van der Waals surface area contributed by atoms with Crippen LogP contribution in [0.2, 0.25) is 0 Å². The number of rotatable bonds is 2. The minimum atomic E-state index is -1.50. The Morgan fingerprint density at radius 1 is 1.17 bits per heavy atom. The lowest BCUT2D eigenvalue weighted by Gasteiger charge is -2.34. The van der Waals surface area contributed by atoms with E-state index >= 15 is 0 Å². The predicted octanol–water partition coefficient (Wildman–Crippen LogP) is 1.21. The minimum Gasteiger partial charge on any atom is -0.502 e. The topological polar surface area (TPSA) is 102 Å². The second kappa shape index (κ2) is 5.07. The number of ether oxygens (including phenoxy) is 3. The lowest BCUT2D eigenvalue weighted by Crippen LogP contribution is -2.39. The number of aliphatic hydroxyl groups is 1. The van der Waals surface area contributed by atoms with Crippen LogP contribution in [0.5, 0.6) is 17.2 Å². The molecule has 0 aromatic heterocycles. The molecule has 3 rings (SSSR count). The molecule has 0 unspecified atom stereocenters. The summed E-state index contributed by atoms with van der Waals surface area (Å²) in [4.78, 5) is 25.5. The third-order valence-corrected chi connectivity index (χ3v) is 4.06. The van der Waals surface area contributed by atoms with Crippen LogP contribution in [0.25, 0.3) is 0 Å². The fraction of sp³-hybridized carbons (Fsp3) is 0.375. The molecule has 23 heavy (non-hydrogen) atoms. The molecule has 7 nitrogen and oxygen atoms in total. The van der Waals surface area contributed by atoms with Crippen molar-refractivity contribution in [3.05, 3.63) is 28.3 Å². The first-order valence-corrected chi connectivity index (χ1v) is 6.96. The molecule has 1 aromatic rings. The number of phenols is 1. The van der Waals surface area contributed by atoms with E-state index in [1.54, 1.807) is 0 Å². The van der Waals surface area contributed by atoms with E-state index in [2.05, 4.69) is 0 Å². The van der Waals surface area contributed by atoms with Gasteiger partial charge >= 0.3 is 0 Å². The number of fused-ring (bicyclic) bond motifs is 1. The van der Waals surface area contributed by atoms with Gasteiger partial charge in [-0.05, 0) is 13.0 Å². The standard InChI is InChI=1S/C16H16O7/c1-16(20)5-8-9(6-23-16)13(18)11-7(12(8)17)4-10(21-2)14(19)15(11)22-3/h4,19-20H,5-6H2,1-3H3/t16-/m1/s1. The SMILES string of the molecule is COc1cc2c(c(OC)c1O)C(=O)C1=C(C[C@](C)(O)OC1)C2=O. The summed E-state index contributed by atoms with van der Waals surface area (Å²) in [5.74, 6) is -2.79. The molecule has 1 atom stereocenters. The number of benzene rings is 1. The highest BCUT2D eigenvalue weighted by Crippen LogP contribution is 2.46. The molecule has 0 spiro atoms. The Morgan fingerprint density at radius 3 is 2.48 bits per heavy atom. The normalized spacial score (nSPS) is 23.5. The van der Waals surface area contributed by atoms with Gasteiger partial charge in [0.05, 0.1) is 26.4 Å². The molecular formula is C16H16O7. The van der Waals surface area contributed by atoms with E-state index in [0.29, 0.717) is 0 Å². The van der Waals surface area contributed by atoms with Crippen molar-refractivity contribution in [1.82, 2.24) is 0 Å². The number of ketones is 2. The Balaban J connectivity index is 2.25. The van der Waals surface area contributed by atoms with Crippen molar-refractivity contribution >= 4 is 11.6 Å². The van der Waals surface area contributed by atoms with Gasteiger partial charge in [-0.15, -0.1) is 0 Å². The van der Waals surface area contributed by atoms with Gasteiger partial charge in [-0.3, -0.25) is 9.59 Å². The van der Waals surface area contributed by atoms with Crippen LogP contribution in [0.1, 0.15) is 34.1 Å². The lowest BCUT2D eigenvalue weighted by molar-refractivity contribution is -0.187. The van der Waals surface area contributed by atoms with Gasteiger partial charge in [-0.1, -0.05) is 0 Å². The van der Waals surface area contributed by atoms with Gasteiger partial charge in [0.25, 0.3) is 0 Å². The predicted molar refractivity (Wildman–Crippen MR) is 78.1 cm³/mol. The van der Waals surface area contributed by atoms with Gasteiger partial charge in [-0.25, -0.2) is 0 Å². The molecule has 1 aliphatic heterocycles. The number of methoxy groups -OCH3 is 2. The van der Waals surface area contributed by atoms with Gasteiger partial charge in [0.15, 0.2) is 28.9 Å². The Labute approximate surface area is 132 Å². The summed E-state index contributed by atoms with van der Waals surface area (Å²) >= 11 is 0. The van der Waals surface area contributed by atoms with Crippen LogP contribution in [0.3, 0.4) is 0 Å². The Morgan fingerprint density at radius 2 is 1.87 bits per heavy atom. The zero-order valence-corrected chi connectivity index (χ0v) is 12.9. The van der Waals surface area contributed by atoms with Crippen LogP contribution < -0.4 is 9.47 Å². The molecule has 0 bridgehead atoms. The van der Waals surface area contributed by atoms with Crippen molar-refractivity contribution in [2.75, 3.05) is 20.8 Å². The van der Waals surface area contributed by atoms with Crippen LogP contribution in [-0.2, 0) is 4.74 Å². The number of hydrogen-bond acceptors (Lipinski definition) is 7. The van der Waals surface area contributed by atoms with Gasteiger partial charge < -0.3 is 24.4 Å².